The van der Waals surface area contributed by atoms with Crippen LogP contribution < -0.4 is 5.69 Å². The van der Waals surface area contributed by atoms with Crippen molar-refractivity contribution in [2.75, 3.05) is 13.7 Å². The number of aromatic nitrogens is 4. The maximum Gasteiger partial charge on any atom is 0.335 e. The highest BCUT2D eigenvalue weighted by Gasteiger charge is 2.15. The van der Waals surface area contributed by atoms with Crippen molar-refractivity contribution in [1.82, 2.24) is 18.9 Å². The normalized spacial score (nSPS) is 11.3. The Kier molecular flexibility index (Phi) is 4.91. The molecular weight excluding hydrogens is 348 g/mol. The van der Waals surface area contributed by atoms with E-state index in [1.165, 1.54) is 18.3 Å². The summed E-state index contributed by atoms with van der Waals surface area (Å²) < 4.78 is 9.83. The van der Waals surface area contributed by atoms with Crippen molar-refractivity contribution in [1.29, 1.82) is 0 Å². The topological polar surface area (TPSA) is 91.3 Å². The third-order valence-electron chi connectivity index (χ3n) is 3.94. The highest BCUT2D eigenvalue weighted by molar-refractivity contribution is 6.30. The minimum atomic E-state index is -1.04. The summed E-state index contributed by atoms with van der Waals surface area (Å²) in [6.07, 6.45) is 3.19. The number of aromatic carboxylic acids is 1. The van der Waals surface area contributed by atoms with Crippen LogP contribution in [-0.4, -0.2) is 43.7 Å². The second-order valence-electron chi connectivity index (χ2n) is 5.51. The van der Waals surface area contributed by atoms with Crippen molar-refractivity contribution in [3.05, 3.63) is 51.7 Å². The van der Waals surface area contributed by atoms with E-state index in [4.69, 9.17) is 16.3 Å². The summed E-state index contributed by atoms with van der Waals surface area (Å²) in [5.74, 6) is -1.04. The third-order valence-corrected chi connectivity index (χ3v) is 4.13. The second kappa shape index (κ2) is 7.12. The van der Waals surface area contributed by atoms with Crippen molar-refractivity contribution in [3.8, 4) is 0 Å². The van der Waals surface area contributed by atoms with Crippen molar-refractivity contribution in [3.63, 3.8) is 0 Å². The standard InChI is InChI=1S/C16H17ClN4O4/c1-25-7-6-21-13-3-2-11(15(22)23)8-14(13)20(16(21)24)5-4-19-10-12(17)9-18-19/h2-3,8-10H,4-7H2,1H3,(H,22,23). The molecule has 9 heteroatoms. The molecule has 0 saturated carbocycles. The SMILES string of the molecule is COCCn1c(=O)n(CCn2cc(Cl)cn2)c2cc(C(=O)O)ccc21. The maximum atomic E-state index is 12.8. The molecule has 1 aromatic carbocycles. The first-order valence-electron chi connectivity index (χ1n) is 7.64. The van der Waals surface area contributed by atoms with Crippen LogP contribution in [0.25, 0.3) is 11.0 Å². The van der Waals surface area contributed by atoms with Gasteiger partial charge in [0.25, 0.3) is 0 Å². The number of hydrogen-bond donors (Lipinski definition) is 1. The van der Waals surface area contributed by atoms with Crippen LogP contribution in [0.4, 0.5) is 0 Å². The van der Waals surface area contributed by atoms with Crippen LogP contribution in [0.3, 0.4) is 0 Å². The lowest BCUT2D eigenvalue weighted by molar-refractivity contribution is 0.0697. The van der Waals surface area contributed by atoms with E-state index in [0.29, 0.717) is 42.3 Å². The second-order valence-corrected chi connectivity index (χ2v) is 5.95. The molecule has 2 aromatic heterocycles. The first-order chi connectivity index (χ1) is 12.0. The average Bonchev–Trinajstić information content (AvgIpc) is 3.11. The molecule has 0 spiro atoms. The van der Waals surface area contributed by atoms with Gasteiger partial charge < -0.3 is 9.84 Å². The molecular formula is C16H17ClN4O4. The number of imidazole rings is 1. The molecule has 0 amide bonds. The van der Waals surface area contributed by atoms with Gasteiger partial charge >= 0.3 is 11.7 Å². The Balaban J connectivity index is 2.04. The van der Waals surface area contributed by atoms with E-state index < -0.39 is 5.97 Å². The highest BCUT2D eigenvalue weighted by atomic mass is 35.5. The summed E-state index contributed by atoms with van der Waals surface area (Å²) in [7, 11) is 1.56. The van der Waals surface area contributed by atoms with E-state index >= 15 is 0 Å². The van der Waals surface area contributed by atoms with Gasteiger partial charge in [-0.1, -0.05) is 11.6 Å². The number of hydrogen-bond acceptors (Lipinski definition) is 4. The van der Waals surface area contributed by atoms with Crippen molar-refractivity contribution in [2.45, 2.75) is 19.6 Å². The van der Waals surface area contributed by atoms with Gasteiger partial charge in [-0.15, -0.1) is 0 Å². The van der Waals surface area contributed by atoms with Crippen LogP contribution in [-0.2, 0) is 24.4 Å². The monoisotopic (exact) mass is 364 g/mol. The number of carboxylic acid groups (broad SMARTS) is 1. The molecule has 0 saturated heterocycles. The minimum absolute atomic E-state index is 0.132. The Labute approximate surface area is 147 Å². The van der Waals surface area contributed by atoms with Crippen LogP contribution in [0.5, 0.6) is 0 Å². The lowest BCUT2D eigenvalue weighted by atomic mass is 10.2. The lowest BCUT2D eigenvalue weighted by Crippen LogP contribution is -2.27. The fourth-order valence-corrected chi connectivity index (χ4v) is 2.89. The number of carboxylic acids is 1. The molecule has 0 aliphatic carbocycles. The Morgan fingerprint density at radius 2 is 2.00 bits per heavy atom. The molecule has 3 aromatic rings. The minimum Gasteiger partial charge on any atom is -0.478 e. The van der Waals surface area contributed by atoms with Gasteiger partial charge in [0.2, 0.25) is 0 Å². The van der Waals surface area contributed by atoms with E-state index in [9.17, 15) is 14.7 Å². The zero-order valence-electron chi connectivity index (χ0n) is 13.6. The molecule has 3 rings (SSSR count). The Morgan fingerprint density at radius 3 is 2.64 bits per heavy atom. The molecule has 1 N–H and O–H groups in total. The summed E-state index contributed by atoms with van der Waals surface area (Å²) in [5.41, 5.74) is 1.16. The van der Waals surface area contributed by atoms with Crippen LogP contribution in [0.1, 0.15) is 10.4 Å². The summed E-state index contributed by atoms with van der Waals surface area (Å²) in [6.45, 7) is 1.55. The molecule has 25 heavy (non-hydrogen) atoms. The van der Waals surface area contributed by atoms with Gasteiger partial charge in [0.15, 0.2) is 0 Å². The number of rotatable bonds is 7. The van der Waals surface area contributed by atoms with Crippen molar-refractivity contribution in [2.24, 2.45) is 0 Å². The Hall–Kier alpha value is -2.58. The van der Waals surface area contributed by atoms with E-state index in [0.717, 1.165) is 0 Å². The first kappa shape index (κ1) is 17.2. The predicted octanol–water partition coefficient (Wildman–Crippen LogP) is 1.70. The average molecular weight is 365 g/mol. The van der Waals surface area contributed by atoms with Crippen LogP contribution >= 0.6 is 11.6 Å². The molecule has 0 aliphatic rings. The number of nitrogens with zero attached hydrogens (tertiary/aromatic N) is 4. The molecule has 0 aliphatic heterocycles. The molecule has 2 heterocycles. The Morgan fingerprint density at radius 1 is 1.24 bits per heavy atom. The smallest absolute Gasteiger partial charge is 0.335 e. The number of aryl methyl sites for hydroxylation is 2. The van der Waals surface area contributed by atoms with Gasteiger partial charge in [0.05, 0.1) is 47.5 Å². The van der Waals surface area contributed by atoms with Gasteiger partial charge in [-0.25, -0.2) is 9.59 Å². The van der Waals surface area contributed by atoms with Crippen molar-refractivity contribution >= 4 is 28.6 Å². The van der Waals surface area contributed by atoms with Gasteiger partial charge in [-0.05, 0) is 18.2 Å². The summed E-state index contributed by atoms with van der Waals surface area (Å²) in [6, 6.07) is 4.65. The number of benzene rings is 1. The van der Waals surface area contributed by atoms with Crippen molar-refractivity contribution < 1.29 is 14.6 Å². The molecule has 0 bridgehead atoms. The number of fused-ring (bicyclic) bond motifs is 1. The number of ether oxygens (including phenoxy) is 1. The zero-order chi connectivity index (χ0) is 18.0. The highest BCUT2D eigenvalue weighted by Crippen LogP contribution is 2.16. The summed E-state index contributed by atoms with van der Waals surface area (Å²) in [4.78, 5) is 24.0. The third kappa shape index (κ3) is 3.45. The van der Waals surface area contributed by atoms with Gasteiger partial charge in [-0.3, -0.25) is 13.8 Å². The maximum absolute atomic E-state index is 12.8. The molecule has 0 atom stereocenters. The number of carbonyl (C=O) groups is 1. The van der Waals surface area contributed by atoms with Crippen LogP contribution in [0.15, 0.2) is 35.4 Å². The zero-order valence-corrected chi connectivity index (χ0v) is 14.3. The number of halogens is 1. The quantitative estimate of drug-likeness (QED) is 0.689. The van der Waals surface area contributed by atoms with E-state index in [-0.39, 0.29) is 11.3 Å². The molecule has 8 nitrogen and oxygen atoms in total. The molecule has 0 unspecified atom stereocenters. The predicted molar refractivity (Wildman–Crippen MR) is 92.3 cm³/mol. The largest absolute Gasteiger partial charge is 0.478 e. The van der Waals surface area contributed by atoms with E-state index in [1.54, 1.807) is 33.2 Å². The molecule has 0 fully saturated rings. The Bertz CT molecular complexity index is 972. The lowest BCUT2D eigenvalue weighted by Gasteiger charge is -2.04. The fraction of sp³-hybridized carbons (Fsp3) is 0.312. The molecule has 132 valence electrons. The van der Waals surface area contributed by atoms with E-state index in [2.05, 4.69) is 5.10 Å². The summed E-state index contributed by atoms with van der Waals surface area (Å²) >= 11 is 5.85. The van der Waals surface area contributed by atoms with Gasteiger partial charge in [-0.2, -0.15) is 5.10 Å². The van der Waals surface area contributed by atoms with Crippen LogP contribution in [0.2, 0.25) is 5.02 Å². The van der Waals surface area contributed by atoms with Gasteiger partial charge in [0, 0.05) is 19.9 Å². The fourth-order valence-electron chi connectivity index (χ4n) is 2.73. The first-order valence-corrected chi connectivity index (χ1v) is 8.02. The van der Waals surface area contributed by atoms with E-state index in [1.807, 2.05) is 0 Å². The van der Waals surface area contributed by atoms with Gasteiger partial charge in [0.1, 0.15) is 0 Å². The summed E-state index contributed by atoms with van der Waals surface area (Å²) in [5, 5.41) is 13.8. The number of methoxy groups -OCH3 is 1. The molecule has 0 radical (unpaired) electrons. The van der Waals surface area contributed by atoms with Crippen LogP contribution in [0, 0.1) is 0 Å².